The largest absolute Gasteiger partial charge is 0.379 e. The molecule has 2 rings (SSSR count). The fourth-order valence-corrected chi connectivity index (χ4v) is 6.28. The fraction of sp³-hybridized carbons (Fsp3) is 0.958. The molecule has 182 valence electrons. The van der Waals surface area contributed by atoms with Gasteiger partial charge < -0.3 is 30.0 Å². The first-order valence-corrected chi connectivity index (χ1v) is 12.0. The number of carbonyl (C=O) groups is 1. The molecule has 1 amide bonds. The summed E-state index contributed by atoms with van der Waals surface area (Å²) in [7, 11) is 0. The maximum absolute atomic E-state index is 12.5. The maximum Gasteiger partial charge on any atom is 0.222 e. The van der Waals surface area contributed by atoms with Crippen LogP contribution in [0.15, 0.2) is 0 Å². The standard InChI is InChI=1S/C24H46N2O5/c1-22(2)15-20-16-23(3,18-22)19-24(4,17-20)26-21(27)5-7-28-9-11-30-13-14-31-12-10-29-8-6-25/h20H,5-19,25H2,1-4H3,(H,26,27). The molecule has 0 heterocycles. The van der Waals surface area contributed by atoms with Crippen LogP contribution in [0.4, 0.5) is 0 Å². The van der Waals surface area contributed by atoms with Crippen molar-refractivity contribution in [3.8, 4) is 0 Å². The minimum atomic E-state index is -0.0935. The molecule has 0 radical (unpaired) electrons. The van der Waals surface area contributed by atoms with E-state index in [0.29, 0.717) is 82.6 Å². The van der Waals surface area contributed by atoms with Gasteiger partial charge in [0.25, 0.3) is 0 Å². The van der Waals surface area contributed by atoms with Crippen LogP contribution in [0.5, 0.6) is 0 Å². The lowest BCUT2D eigenvalue weighted by molar-refractivity contribution is -0.126. The normalized spacial score (nSPS) is 29.6. The second-order valence-electron chi connectivity index (χ2n) is 10.9. The Bertz CT molecular complexity index is 542. The van der Waals surface area contributed by atoms with Gasteiger partial charge in [0.2, 0.25) is 5.91 Å². The van der Waals surface area contributed by atoms with Crippen LogP contribution in [-0.2, 0) is 23.7 Å². The quantitative estimate of drug-likeness (QED) is 0.379. The number of fused-ring (bicyclic) bond motifs is 2. The van der Waals surface area contributed by atoms with E-state index < -0.39 is 0 Å². The highest BCUT2D eigenvalue weighted by atomic mass is 16.6. The lowest BCUT2D eigenvalue weighted by atomic mass is 9.52. The predicted octanol–water partition coefficient (Wildman–Crippen LogP) is 2.90. The van der Waals surface area contributed by atoms with Crippen LogP contribution < -0.4 is 11.1 Å². The molecule has 3 atom stereocenters. The number of hydrogen-bond donors (Lipinski definition) is 2. The molecule has 2 aliphatic carbocycles. The maximum atomic E-state index is 12.5. The monoisotopic (exact) mass is 442 g/mol. The van der Waals surface area contributed by atoms with Gasteiger partial charge in [0.1, 0.15) is 0 Å². The van der Waals surface area contributed by atoms with Gasteiger partial charge in [-0.05, 0) is 55.8 Å². The Kier molecular flexibility index (Phi) is 10.7. The molecule has 0 aliphatic heterocycles. The van der Waals surface area contributed by atoms with Crippen molar-refractivity contribution < 1.29 is 23.7 Å². The van der Waals surface area contributed by atoms with Gasteiger partial charge >= 0.3 is 0 Å². The SMILES string of the molecule is CC1(C)CC2CC(C)(C1)CC(C)(NC(=O)CCOCCOCCOCCOCCN)C2. The van der Waals surface area contributed by atoms with Gasteiger partial charge in [0.05, 0.1) is 52.9 Å². The number of hydrogen-bond acceptors (Lipinski definition) is 6. The minimum absolute atomic E-state index is 0.0935. The smallest absolute Gasteiger partial charge is 0.222 e. The Morgan fingerprint density at radius 3 is 1.90 bits per heavy atom. The minimum Gasteiger partial charge on any atom is -0.379 e. The summed E-state index contributed by atoms with van der Waals surface area (Å²) in [5, 5.41) is 3.34. The summed E-state index contributed by atoms with van der Waals surface area (Å²) < 4.78 is 21.6. The van der Waals surface area contributed by atoms with Gasteiger partial charge in [-0.25, -0.2) is 0 Å². The topological polar surface area (TPSA) is 92.0 Å². The Hall–Kier alpha value is -0.730. The van der Waals surface area contributed by atoms with E-state index in [1.54, 1.807) is 0 Å². The van der Waals surface area contributed by atoms with Gasteiger partial charge in [0.15, 0.2) is 0 Å². The van der Waals surface area contributed by atoms with Gasteiger partial charge in [-0.3, -0.25) is 4.79 Å². The first kappa shape index (κ1) is 26.5. The molecule has 2 saturated carbocycles. The highest BCUT2D eigenvalue weighted by Crippen LogP contribution is 2.57. The molecule has 7 nitrogen and oxygen atoms in total. The number of nitrogens with two attached hydrogens (primary N) is 1. The Balaban J connectivity index is 1.50. The summed E-state index contributed by atoms with van der Waals surface area (Å²) in [4.78, 5) is 12.5. The predicted molar refractivity (Wildman–Crippen MR) is 122 cm³/mol. The molecule has 31 heavy (non-hydrogen) atoms. The van der Waals surface area contributed by atoms with Crippen molar-refractivity contribution in [3.05, 3.63) is 0 Å². The molecular formula is C24H46N2O5. The number of carbonyl (C=O) groups excluding carboxylic acids is 1. The summed E-state index contributed by atoms with van der Waals surface area (Å²) >= 11 is 0. The van der Waals surface area contributed by atoms with Crippen LogP contribution in [0.25, 0.3) is 0 Å². The Morgan fingerprint density at radius 1 is 0.806 bits per heavy atom. The molecule has 0 aromatic heterocycles. The van der Waals surface area contributed by atoms with Crippen LogP contribution in [0.2, 0.25) is 0 Å². The molecular weight excluding hydrogens is 396 g/mol. The van der Waals surface area contributed by atoms with Gasteiger partial charge in [-0.1, -0.05) is 20.8 Å². The molecule has 2 aliphatic rings. The van der Waals surface area contributed by atoms with E-state index in [2.05, 4.69) is 33.0 Å². The first-order chi connectivity index (χ1) is 14.7. The van der Waals surface area contributed by atoms with Crippen LogP contribution in [0.1, 0.15) is 66.2 Å². The molecule has 3 N–H and O–H groups in total. The van der Waals surface area contributed by atoms with Crippen molar-refractivity contribution in [2.24, 2.45) is 22.5 Å². The Labute approximate surface area is 189 Å². The van der Waals surface area contributed by atoms with Crippen molar-refractivity contribution in [3.63, 3.8) is 0 Å². The van der Waals surface area contributed by atoms with Crippen LogP contribution in [0, 0.1) is 16.7 Å². The zero-order valence-electron chi connectivity index (χ0n) is 20.3. The second kappa shape index (κ2) is 12.5. The van der Waals surface area contributed by atoms with Crippen molar-refractivity contribution in [2.45, 2.75) is 71.8 Å². The summed E-state index contributed by atoms with van der Waals surface area (Å²) in [5.41, 5.74) is 6.00. The van der Waals surface area contributed by atoms with E-state index in [0.717, 1.165) is 12.8 Å². The molecule has 0 aromatic rings. The van der Waals surface area contributed by atoms with E-state index in [1.807, 2.05) is 0 Å². The highest BCUT2D eigenvalue weighted by Gasteiger charge is 2.50. The van der Waals surface area contributed by atoms with Gasteiger partial charge in [-0.15, -0.1) is 0 Å². The summed E-state index contributed by atoms with van der Waals surface area (Å²) in [6.07, 6.45) is 6.38. The molecule has 0 aromatic carbocycles. The molecule has 2 fully saturated rings. The number of rotatable bonds is 15. The van der Waals surface area contributed by atoms with Crippen LogP contribution in [0.3, 0.4) is 0 Å². The highest BCUT2D eigenvalue weighted by molar-refractivity contribution is 5.76. The van der Waals surface area contributed by atoms with Crippen LogP contribution >= 0.6 is 0 Å². The van der Waals surface area contributed by atoms with E-state index in [4.69, 9.17) is 24.7 Å². The number of ether oxygens (including phenoxy) is 4. The third-order valence-electron chi connectivity index (χ3n) is 6.38. The molecule has 0 saturated heterocycles. The van der Waals surface area contributed by atoms with Crippen LogP contribution in [-0.4, -0.2) is 70.8 Å². The average molecular weight is 443 g/mol. The van der Waals surface area contributed by atoms with Crippen molar-refractivity contribution in [1.82, 2.24) is 5.32 Å². The third-order valence-corrected chi connectivity index (χ3v) is 6.38. The first-order valence-electron chi connectivity index (χ1n) is 12.0. The Morgan fingerprint density at radius 2 is 1.35 bits per heavy atom. The van der Waals surface area contributed by atoms with E-state index in [9.17, 15) is 4.79 Å². The zero-order valence-corrected chi connectivity index (χ0v) is 20.3. The van der Waals surface area contributed by atoms with Crippen molar-refractivity contribution >= 4 is 5.91 Å². The summed E-state index contributed by atoms with van der Waals surface area (Å²) in [6.45, 7) is 14.1. The summed E-state index contributed by atoms with van der Waals surface area (Å²) in [6, 6.07) is 0. The van der Waals surface area contributed by atoms with Crippen molar-refractivity contribution in [1.29, 1.82) is 0 Å². The number of nitrogens with one attached hydrogen (secondary N) is 1. The zero-order chi connectivity index (χ0) is 22.8. The summed E-state index contributed by atoms with van der Waals surface area (Å²) in [5.74, 6) is 0.806. The van der Waals surface area contributed by atoms with E-state index in [1.165, 1.54) is 19.3 Å². The molecule has 0 spiro atoms. The molecule has 2 bridgehead atoms. The number of amides is 1. The fourth-order valence-electron chi connectivity index (χ4n) is 6.28. The average Bonchev–Trinajstić information content (AvgIpc) is 2.62. The lowest BCUT2D eigenvalue weighted by Gasteiger charge is -2.56. The molecule has 7 heteroatoms. The second-order valence-corrected chi connectivity index (χ2v) is 10.9. The van der Waals surface area contributed by atoms with E-state index in [-0.39, 0.29) is 11.4 Å². The van der Waals surface area contributed by atoms with Crippen molar-refractivity contribution in [2.75, 3.05) is 59.4 Å². The van der Waals surface area contributed by atoms with E-state index >= 15 is 0 Å². The molecule has 3 unspecified atom stereocenters. The third kappa shape index (κ3) is 10.2. The lowest BCUT2D eigenvalue weighted by Crippen LogP contribution is -2.56. The van der Waals surface area contributed by atoms with Gasteiger partial charge in [-0.2, -0.15) is 0 Å². The van der Waals surface area contributed by atoms with Gasteiger partial charge in [0, 0.05) is 18.5 Å².